The van der Waals surface area contributed by atoms with Crippen molar-refractivity contribution in [3.8, 4) is 5.75 Å². The van der Waals surface area contributed by atoms with E-state index < -0.39 is 0 Å². The van der Waals surface area contributed by atoms with Gasteiger partial charge in [-0.3, -0.25) is 4.79 Å². The van der Waals surface area contributed by atoms with Crippen molar-refractivity contribution < 1.29 is 18.7 Å². The molecule has 0 bridgehead atoms. The van der Waals surface area contributed by atoms with Gasteiger partial charge in [-0.25, -0.2) is 9.78 Å². The quantitative estimate of drug-likeness (QED) is 0.261. The van der Waals surface area contributed by atoms with Crippen LogP contribution in [0.3, 0.4) is 0 Å². The highest BCUT2D eigenvalue weighted by atomic mass is 16.5. The average Bonchev–Trinajstić information content (AvgIpc) is 3.56. The van der Waals surface area contributed by atoms with Gasteiger partial charge in [0.15, 0.2) is 0 Å². The molecule has 0 saturated carbocycles. The van der Waals surface area contributed by atoms with E-state index in [1.807, 2.05) is 59.2 Å². The Morgan fingerprint density at radius 2 is 1.57 bits per heavy atom. The van der Waals surface area contributed by atoms with E-state index in [1.165, 1.54) is 0 Å². The van der Waals surface area contributed by atoms with Crippen LogP contribution in [0.5, 0.6) is 5.75 Å². The maximum Gasteiger partial charge on any atom is 0.319 e. The van der Waals surface area contributed by atoms with Gasteiger partial charge in [-0.2, -0.15) is 0 Å². The molecular formula is C28H25N5O4. The van der Waals surface area contributed by atoms with Gasteiger partial charge in [-0.15, -0.1) is 0 Å². The highest BCUT2D eigenvalue weighted by Gasteiger charge is 2.15. The third-order valence-corrected chi connectivity index (χ3v) is 5.58. The number of carbonyl (C=O) groups is 2. The van der Waals surface area contributed by atoms with Crippen molar-refractivity contribution in [3.05, 3.63) is 109 Å². The van der Waals surface area contributed by atoms with Crippen LogP contribution in [0, 0.1) is 0 Å². The zero-order chi connectivity index (χ0) is 25.5. The SMILES string of the molecule is O=C(Cn1c(COc2ccccc2)nc2ccccc21)Nc1ccc(NC(=O)NCc2ccco2)cc1. The summed E-state index contributed by atoms with van der Waals surface area (Å²) in [5.74, 6) is 1.84. The average molecular weight is 496 g/mol. The Morgan fingerprint density at radius 1 is 0.838 bits per heavy atom. The predicted octanol–water partition coefficient (Wildman–Crippen LogP) is 5.17. The fourth-order valence-corrected chi connectivity index (χ4v) is 3.81. The van der Waals surface area contributed by atoms with Gasteiger partial charge in [0, 0.05) is 11.4 Å². The van der Waals surface area contributed by atoms with Crippen molar-refractivity contribution in [1.29, 1.82) is 0 Å². The minimum Gasteiger partial charge on any atom is -0.486 e. The van der Waals surface area contributed by atoms with Gasteiger partial charge in [0.25, 0.3) is 0 Å². The Labute approximate surface area is 213 Å². The summed E-state index contributed by atoms with van der Waals surface area (Å²) >= 11 is 0. The first-order chi connectivity index (χ1) is 18.1. The highest BCUT2D eigenvalue weighted by molar-refractivity contribution is 5.93. The molecule has 0 aliphatic carbocycles. The molecule has 0 spiro atoms. The van der Waals surface area contributed by atoms with Crippen LogP contribution in [0.2, 0.25) is 0 Å². The number of aromatic nitrogens is 2. The largest absolute Gasteiger partial charge is 0.486 e. The van der Waals surface area contributed by atoms with Crippen molar-refractivity contribution >= 4 is 34.3 Å². The molecule has 3 N–H and O–H groups in total. The monoisotopic (exact) mass is 495 g/mol. The first kappa shape index (κ1) is 23.7. The minimum absolute atomic E-state index is 0.0726. The van der Waals surface area contributed by atoms with Crippen LogP contribution in [-0.4, -0.2) is 21.5 Å². The number of para-hydroxylation sites is 3. The van der Waals surface area contributed by atoms with Gasteiger partial charge < -0.3 is 29.7 Å². The summed E-state index contributed by atoms with van der Waals surface area (Å²) in [5.41, 5.74) is 2.85. The molecule has 0 aliphatic heterocycles. The molecule has 0 radical (unpaired) electrons. The van der Waals surface area contributed by atoms with Crippen LogP contribution in [0.25, 0.3) is 11.0 Å². The molecule has 5 aromatic rings. The molecule has 2 aromatic heterocycles. The minimum atomic E-state index is -0.356. The summed E-state index contributed by atoms with van der Waals surface area (Å²) in [6.45, 7) is 0.589. The number of imidazole rings is 1. The normalized spacial score (nSPS) is 10.7. The molecule has 0 saturated heterocycles. The van der Waals surface area contributed by atoms with E-state index in [4.69, 9.17) is 9.15 Å². The van der Waals surface area contributed by atoms with Gasteiger partial charge >= 0.3 is 6.03 Å². The predicted molar refractivity (Wildman–Crippen MR) is 140 cm³/mol. The number of hydrogen-bond donors (Lipinski definition) is 3. The number of amides is 3. The Balaban J connectivity index is 1.20. The summed E-state index contributed by atoms with van der Waals surface area (Å²) in [5, 5.41) is 8.36. The second-order valence-corrected chi connectivity index (χ2v) is 8.22. The number of ether oxygens (including phenoxy) is 1. The van der Waals surface area contributed by atoms with Gasteiger partial charge in [0.1, 0.15) is 30.5 Å². The first-order valence-corrected chi connectivity index (χ1v) is 11.7. The van der Waals surface area contributed by atoms with Crippen molar-refractivity contribution in [2.45, 2.75) is 19.7 Å². The van der Waals surface area contributed by atoms with E-state index in [0.717, 1.165) is 16.8 Å². The molecule has 186 valence electrons. The molecule has 2 heterocycles. The highest BCUT2D eigenvalue weighted by Crippen LogP contribution is 2.19. The van der Waals surface area contributed by atoms with Gasteiger partial charge in [0.2, 0.25) is 5.91 Å². The number of benzene rings is 3. The Hall–Kier alpha value is -5.05. The maximum atomic E-state index is 12.9. The van der Waals surface area contributed by atoms with Crippen molar-refractivity contribution in [3.63, 3.8) is 0 Å². The Kier molecular flexibility index (Phi) is 7.12. The van der Waals surface area contributed by atoms with Crippen LogP contribution in [0.1, 0.15) is 11.6 Å². The van der Waals surface area contributed by atoms with E-state index in [2.05, 4.69) is 20.9 Å². The maximum absolute atomic E-state index is 12.9. The molecule has 0 fully saturated rings. The van der Waals surface area contributed by atoms with Crippen molar-refractivity contribution in [2.75, 3.05) is 10.6 Å². The third-order valence-electron chi connectivity index (χ3n) is 5.58. The Morgan fingerprint density at radius 3 is 2.32 bits per heavy atom. The molecule has 0 atom stereocenters. The second-order valence-electron chi connectivity index (χ2n) is 8.22. The number of anilines is 2. The summed E-state index contributed by atoms with van der Waals surface area (Å²) in [4.78, 5) is 29.7. The van der Waals surface area contributed by atoms with Gasteiger partial charge in [-0.05, 0) is 60.7 Å². The van der Waals surface area contributed by atoms with Crippen molar-refractivity contribution in [2.24, 2.45) is 0 Å². The lowest BCUT2D eigenvalue weighted by molar-refractivity contribution is -0.116. The Bertz CT molecular complexity index is 1480. The summed E-state index contributed by atoms with van der Waals surface area (Å²) in [6, 6.07) is 27.2. The second kappa shape index (κ2) is 11.1. The fourth-order valence-electron chi connectivity index (χ4n) is 3.81. The number of fused-ring (bicyclic) bond motifs is 1. The van der Waals surface area contributed by atoms with Crippen LogP contribution in [0.15, 0.2) is 102 Å². The van der Waals surface area contributed by atoms with E-state index >= 15 is 0 Å². The number of hydrogen-bond acceptors (Lipinski definition) is 5. The molecule has 5 rings (SSSR count). The third kappa shape index (κ3) is 6.15. The van der Waals surface area contributed by atoms with Crippen LogP contribution >= 0.6 is 0 Å². The molecular weight excluding hydrogens is 470 g/mol. The van der Waals surface area contributed by atoms with Crippen molar-refractivity contribution in [1.82, 2.24) is 14.9 Å². The molecule has 9 heteroatoms. The standard InChI is InChI=1S/C28H25N5O4/c34-27(30-20-12-14-21(15-13-20)31-28(35)29-17-23-9-6-16-36-23)18-33-25-11-5-4-10-24(25)32-26(33)19-37-22-7-2-1-3-8-22/h1-16H,17-19H2,(H,30,34)(H2,29,31,35). The van der Waals surface area contributed by atoms with Gasteiger partial charge in [-0.1, -0.05) is 30.3 Å². The van der Waals surface area contributed by atoms with E-state index in [-0.39, 0.29) is 31.6 Å². The van der Waals surface area contributed by atoms with E-state index in [0.29, 0.717) is 23.0 Å². The summed E-state index contributed by atoms with van der Waals surface area (Å²) in [6.07, 6.45) is 1.55. The van der Waals surface area contributed by atoms with Crippen LogP contribution in [-0.2, 0) is 24.5 Å². The molecule has 0 aliphatic rings. The van der Waals surface area contributed by atoms with E-state index in [9.17, 15) is 9.59 Å². The summed E-state index contributed by atoms with van der Waals surface area (Å²) in [7, 11) is 0. The first-order valence-electron chi connectivity index (χ1n) is 11.7. The van der Waals surface area contributed by atoms with Crippen LogP contribution < -0.4 is 20.7 Å². The molecule has 9 nitrogen and oxygen atoms in total. The molecule has 0 unspecified atom stereocenters. The molecule has 3 aromatic carbocycles. The number of nitrogens with one attached hydrogen (secondary N) is 3. The zero-order valence-corrected chi connectivity index (χ0v) is 19.9. The number of furan rings is 1. The topological polar surface area (TPSA) is 110 Å². The number of rotatable bonds is 9. The lowest BCUT2D eigenvalue weighted by Gasteiger charge is -2.12. The fraction of sp³-hybridized carbons (Fsp3) is 0.107. The molecule has 3 amide bonds. The molecule has 37 heavy (non-hydrogen) atoms. The number of urea groups is 1. The smallest absolute Gasteiger partial charge is 0.319 e. The summed E-state index contributed by atoms with van der Waals surface area (Å²) < 4.78 is 12.9. The zero-order valence-electron chi connectivity index (χ0n) is 19.9. The lowest BCUT2D eigenvalue weighted by atomic mass is 10.2. The number of nitrogens with zero attached hydrogens (tertiary/aromatic N) is 2. The van der Waals surface area contributed by atoms with Crippen LogP contribution in [0.4, 0.5) is 16.2 Å². The lowest BCUT2D eigenvalue weighted by Crippen LogP contribution is -2.28. The number of carbonyl (C=O) groups excluding carboxylic acids is 2. The van der Waals surface area contributed by atoms with E-state index in [1.54, 1.807) is 42.7 Å². The van der Waals surface area contributed by atoms with Gasteiger partial charge in [0.05, 0.1) is 23.8 Å².